The van der Waals surface area contributed by atoms with E-state index in [0.717, 1.165) is 26.1 Å². The Hall–Kier alpha value is -0.340. The zero-order valence-electron chi connectivity index (χ0n) is 8.21. The van der Waals surface area contributed by atoms with Gasteiger partial charge in [0.1, 0.15) is 0 Å². The molecular formula is C10H20O2. The predicted molar refractivity (Wildman–Crippen MR) is 51.3 cm³/mol. The molecule has 0 saturated heterocycles. The molecule has 0 heterocycles. The van der Waals surface area contributed by atoms with Gasteiger partial charge in [-0.3, -0.25) is 0 Å². The molecule has 0 bridgehead atoms. The Balaban J connectivity index is 3.46. The Morgan fingerprint density at radius 2 is 2.08 bits per heavy atom. The highest BCUT2D eigenvalue weighted by molar-refractivity contribution is 4.69. The maximum atomic E-state index is 5.47. The van der Waals surface area contributed by atoms with Gasteiger partial charge in [-0.15, -0.1) is 6.58 Å². The summed E-state index contributed by atoms with van der Waals surface area (Å²) in [5, 5.41) is 0. The van der Waals surface area contributed by atoms with Crippen molar-refractivity contribution < 1.29 is 9.47 Å². The number of rotatable bonds is 8. The minimum absolute atomic E-state index is 0.243. The maximum absolute atomic E-state index is 5.47. The second-order valence-electron chi connectivity index (χ2n) is 2.60. The lowest BCUT2D eigenvalue weighted by Gasteiger charge is -2.15. The van der Waals surface area contributed by atoms with Crippen LogP contribution in [0.2, 0.25) is 0 Å². The molecule has 0 N–H and O–H groups in total. The van der Waals surface area contributed by atoms with Gasteiger partial charge in [0.05, 0.1) is 12.7 Å². The molecule has 0 saturated carbocycles. The van der Waals surface area contributed by atoms with Gasteiger partial charge in [0.2, 0.25) is 0 Å². The molecule has 0 aromatic rings. The maximum Gasteiger partial charge on any atom is 0.0811 e. The smallest absolute Gasteiger partial charge is 0.0811 e. The quantitative estimate of drug-likeness (QED) is 0.523. The van der Waals surface area contributed by atoms with Crippen LogP contribution in [0.15, 0.2) is 12.7 Å². The van der Waals surface area contributed by atoms with Crippen molar-refractivity contribution >= 4 is 0 Å². The molecule has 1 unspecified atom stereocenters. The van der Waals surface area contributed by atoms with Gasteiger partial charge in [-0.2, -0.15) is 0 Å². The fourth-order valence-corrected chi connectivity index (χ4v) is 1.00. The highest BCUT2D eigenvalue weighted by Gasteiger charge is 2.06. The van der Waals surface area contributed by atoms with E-state index in [1.807, 2.05) is 19.9 Å². The summed E-state index contributed by atoms with van der Waals surface area (Å²) in [4.78, 5) is 0. The lowest BCUT2D eigenvalue weighted by molar-refractivity contribution is -0.0117. The lowest BCUT2D eigenvalue weighted by Crippen LogP contribution is -2.19. The highest BCUT2D eigenvalue weighted by atomic mass is 16.5. The van der Waals surface area contributed by atoms with E-state index in [4.69, 9.17) is 9.47 Å². The summed E-state index contributed by atoms with van der Waals surface area (Å²) in [6.45, 7) is 9.91. The van der Waals surface area contributed by atoms with E-state index in [9.17, 15) is 0 Å². The topological polar surface area (TPSA) is 18.5 Å². The van der Waals surface area contributed by atoms with Crippen LogP contribution in [-0.2, 0) is 9.47 Å². The molecule has 0 aliphatic heterocycles. The molecule has 2 heteroatoms. The largest absolute Gasteiger partial charge is 0.379 e. The Bertz CT molecular complexity index is 102. The summed E-state index contributed by atoms with van der Waals surface area (Å²) < 4.78 is 10.8. The van der Waals surface area contributed by atoms with Gasteiger partial charge in [0, 0.05) is 13.2 Å². The summed E-state index contributed by atoms with van der Waals surface area (Å²) in [7, 11) is 0. The number of ether oxygens (including phenoxy) is 2. The second kappa shape index (κ2) is 8.75. The molecule has 2 nitrogen and oxygen atoms in total. The molecule has 0 aromatic heterocycles. The molecule has 1 atom stereocenters. The van der Waals surface area contributed by atoms with Crippen molar-refractivity contribution in [3.63, 3.8) is 0 Å². The first kappa shape index (κ1) is 11.7. The van der Waals surface area contributed by atoms with Crippen LogP contribution in [0, 0.1) is 0 Å². The fraction of sp³-hybridized carbons (Fsp3) is 0.800. The van der Waals surface area contributed by atoms with E-state index < -0.39 is 0 Å². The van der Waals surface area contributed by atoms with Crippen LogP contribution in [0.5, 0.6) is 0 Å². The first-order valence-corrected chi connectivity index (χ1v) is 4.65. The molecule has 0 radical (unpaired) electrons. The zero-order chi connectivity index (χ0) is 9.23. The number of allylic oxidation sites excluding steroid dienone is 1. The second-order valence-corrected chi connectivity index (χ2v) is 2.60. The summed E-state index contributed by atoms with van der Waals surface area (Å²) >= 11 is 0. The summed E-state index contributed by atoms with van der Waals surface area (Å²) in [6, 6.07) is 0. The van der Waals surface area contributed by atoms with Gasteiger partial charge < -0.3 is 9.47 Å². The Labute approximate surface area is 75.6 Å². The SMILES string of the molecule is C=CCCC(COCC)OCC. The van der Waals surface area contributed by atoms with Gasteiger partial charge in [0.15, 0.2) is 0 Å². The first-order chi connectivity index (χ1) is 5.85. The van der Waals surface area contributed by atoms with E-state index in [2.05, 4.69) is 6.58 Å². The van der Waals surface area contributed by atoms with Crippen molar-refractivity contribution in [2.75, 3.05) is 19.8 Å². The van der Waals surface area contributed by atoms with Crippen molar-refractivity contribution in [3.8, 4) is 0 Å². The van der Waals surface area contributed by atoms with Crippen molar-refractivity contribution in [3.05, 3.63) is 12.7 Å². The standard InChI is InChI=1S/C10H20O2/c1-4-7-8-10(12-6-3)9-11-5-2/h4,10H,1,5-9H2,2-3H3. The average Bonchev–Trinajstić information content (AvgIpc) is 2.10. The Morgan fingerprint density at radius 1 is 1.33 bits per heavy atom. The molecule has 0 amide bonds. The van der Waals surface area contributed by atoms with Crippen molar-refractivity contribution in [1.82, 2.24) is 0 Å². The van der Waals surface area contributed by atoms with Crippen LogP contribution in [-0.4, -0.2) is 25.9 Å². The van der Waals surface area contributed by atoms with Gasteiger partial charge in [-0.05, 0) is 26.7 Å². The Morgan fingerprint density at radius 3 is 2.58 bits per heavy atom. The molecule has 0 rings (SSSR count). The van der Waals surface area contributed by atoms with Crippen LogP contribution in [0.4, 0.5) is 0 Å². The molecule has 0 fully saturated rings. The number of hydrogen-bond acceptors (Lipinski definition) is 2. The van der Waals surface area contributed by atoms with Crippen LogP contribution >= 0.6 is 0 Å². The van der Waals surface area contributed by atoms with Crippen molar-refractivity contribution in [2.45, 2.75) is 32.8 Å². The van der Waals surface area contributed by atoms with Crippen LogP contribution < -0.4 is 0 Å². The van der Waals surface area contributed by atoms with Crippen molar-refractivity contribution in [1.29, 1.82) is 0 Å². The molecule has 0 spiro atoms. The fourth-order valence-electron chi connectivity index (χ4n) is 1.00. The lowest BCUT2D eigenvalue weighted by atomic mass is 10.2. The Kier molecular flexibility index (Phi) is 8.51. The summed E-state index contributed by atoms with van der Waals surface area (Å²) in [6.07, 6.45) is 4.17. The molecule has 72 valence electrons. The van der Waals surface area contributed by atoms with E-state index in [1.165, 1.54) is 0 Å². The normalized spacial score (nSPS) is 12.8. The van der Waals surface area contributed by atoms with E-state index >= 15 is 0 Å². The molecular weight excluding hydrogens is 152 g/mol. The molecule has 0 aromatic carbocycles. The third-order valence-corrected chi connectivity index (χ3v) is 1.60. The predicted octanol–water partition coefficient (Wildman–Crippen LogP) is 2.39. The van der Waals surface area contributed by atoms with Gasteiger partial charge >= 0.3 is 0 Å². The first-order valence-electron chi connectivity index (χ1n) is 4.65. The van der Waals surface area contributed by atoms with Gasteiger partial charge in [0.25, 0.3) is 0 Å². The van der Waals surface area contributed by atoms with Crippen molar-refractivity contribution in [2.24, 2.45) is 0 Å². The van der Waals surface area contributed by atoms with E-state index in [1.54, 1.807) is 0 Å². The van der Waals surface area contributed by atoms with E-state index in [-0.39, 0.29) is 6.10 Å². The van der Waals surface area contributed by atoms with Crippen LogP contribution in [0.25, 0.3) is 0 Å². The minimum Gasteiger partial charge on any atom is -0.379 e. The molecule has 12 heavy (non-hydrogen) atoms. The minimum atomic E-state index is 0.243. The monoisotopic (exact) mass is 172 g/mol. The third kappa shape index (κ3) is 6.38. The van der Waals surface area contributed by atoms with Gasteiger partial charge in [-0.25, -0.2) is 0 Å². The highest BCUT2D eigenvalue weighted by Crippen LogP contribution is 2.03. The molecule has 0 aliphatic carbocycles. The van der Waals surface area contributed by atoms with Crippen LogP contribution in [0.3, 0.4) is 0 Å². The number of hydrogen-bond donors (Lipinski definition) is 0. The van der Waals surface area contributed by atoms with Gasteiger partial charge in [-0.1, -0.05) is 6.08 Å². The summed E-state index contributed by atoms with van der Waals surface area (Å²) in [5.74, 6) is 0. The average molecular weight is 172 g/mol. The zero-order valence-corrected chi connectivity index (χ0v) is 8.21. The van der Waals surface area contributed by atoms with E-state index in [0.29, 0.717) is 6.61 Å². The molecule has 0 aliphatic rings. The summed E-state index contributed by atoms with van der Waals surface area (Å²) in [5.41, 5.74) is 0. The van der Waals surface area contributed by atoms with Crippen LogP contribution in [0.1, 0.15) is 26.7 Å². The third-order valence-electron chi connectivity index (χ3n) is 1.60.